The summed E-state index contributed by atoms with van der Waals surface area (Å²) in [6.07, 6.45) is 5.07. The summed E-state index contributed by atoms with van der Waals surface area (Å²) in [5.74, 6) is 1.11. The van der Waals surface area contributed by atoms with Crippen molar-refractivity contribution in [2.45, 2.75) is 51.5 Å². The van der Waals surface area contributed by atoms with E-state index in [0.717, 1.165) is 29.9 Å². The van der Waals surface area contributed by atoms with Crippen molar-refractivity contribution in [3.05, 3.63) is 22.3 Å². The van der Waals surface area contributed by atoms with Crippen molar-refractivity contribution in [3.63, 3.8) is 0 Å². The number of aromatic nitrogens is 1. The molecule has 0 aliphatic carbocycles. The lowest BCUT2D eigenvalue weighted by molar-refractivity contribution is 0.0301. The lowest BCUT2D eigenvalue weighted by Gasteiger charge is -2.34. The predicted octanol–water partition coefficient (Wildman–Crippen LogP) is 2.71. The van der Waals surface area contributed by atoms with E-state index >= 15 is 0 Å². The highest BCUT2D eigenvalue weighted by atomic mass is 79.9. The van der Waals surface area contributed by atoms with Crippen LogP contribution in [-0.4, -0.2) is 36.3 Å². The van der Waals surface area contributed by atoms with E-state index in [4.69, 9.17) is 4.74 Å². The minimum absolute atomic E-state index is 0.394. The van der Waals surface area contributed by atoms with E-state index in [2.05, 4.69) is 51.0 Å². The van der Waals surface area contributed by atoms with Gasteiger partial charge in [0, 0.05) is 41.9 Å². The van der Waals surface area contributed by atoms with Gasteiger partial charge >= 0.3 is 0 Å². The summed E-state index contributed by atoms with van der Waals surface area (Å²) in [4.78, 5) is 7.06. The molecular formula is C15H22BrN3O. The van der Waals surface area contributed by atoms with Crippen molar-refractivity contribution in [2.75, 3.05) is 18.0 Å². The number of hydrogen-bond acceptors (Lipinski definition) is 4. The highest BCUT2D eigenvalue weighted by Gasteiger charge is 2.34. The Morgan fingerprint density at radius 3 is 2.75 bits per heavy atom. The van der Waals surface area contributed by atoms with Crippen molar-refractivity contribution in [2.24, 2.45) is 0 Å². The Hall–Kier alpha value is -0.650. The monoisotopic (exact) mass is 339 g/mol. The van der Waals surface area contributed by atoms with E-state index < -0.39 is 0 Å². The fourth-order valence-electron chi connectivity index (χ4n) is 2.99. The maximum atomic E-state index is 5.92. The third-order valence-electron chi connectivity index (χ3n) is 3.95. The van der Waals surface area contributed by atoms with Crippen LogP contribution in [0.3, 0.4) is 0 Å². The first-order valence-corrected chi connectivity index (χ1v) is 8.19. The number of morpholine rings is 1. The van der Waals surface area contributed by atoms with Gasteiger partial charge in [-0.3, -0.25) is 0 Å². The Balaban J connectivity index is 1.80. The number of anilines is 1. The maximum absolute atomic E-state index is 5.92. The second kappa shape index (κ2) is 6.00. The van der Waals surface area contributed by atoms with Gasteiger partial charge in [-0.05, 0) is 34.8 Å². The molecule has 110 valence electrons. The number of fused-ring (bicyclic) bond motifs is 2. The highest BCUT2D eigenvalue weighted by molar-refractivity contribution is 9.10. The van der Waals surface area contributed by atoms with Crippen LogP contribution in [0.5, 0.6) is 0 Å². The first-order valence-electron chi connectivity index (χ1n) is 7.40. The molecule has 3 heterocycles. The van der Waals surface area contributed by atoms with Crippen molar-refractivity contribution < 1.29 is 4.74 Å². The lowest BCUT2D eigenvalue weighted by atomic mass is 10.2. The third-order valence-corrected chi connectivity index (χ3v) is 4.39. The number of rotatable bonds is 4. The Kier molecular flexibility index (Phi) is 4.29. The standard InChI is InChI=1S/C15H22BrN3O/c1-10(2)17-6-11-5-12(16)7-18-15(11)19-8-13-3-4-14(9-19)20-13/h5,7,10,13-14,17H,3-4,6,8-9H2,1-2H3. The van der Waals surface area contributed by atoms with E-state index in [1.165, 1.54) is 18.4 Å². The van der Waals surface area contributed by atoms with Crippen molar-refractivity contribution in [3.8, 4) is 0 Å². The molecule has 2 bridgehead atoms. The molecule has 2 atom stereocenters. The van der Waals surface area contributed by atoms with Crippen LogP contribution in [0, 0.1) is 0 Å². The van der Waals surface area contributed by atoms with Gasteiger partial charge in [0.25, 0.3) is 0 Å². The van der Waals surface area contributed by atoms with Gasteiger partial charge in [-0.1, -0.05) is 13.8 Å². The zero-order valence-corrected chi connectivity index (χ0v) is 13.7. The van der Waals surface area contributed by atoms with Crippen molar-refractivity contribution in [1.82, 2.24) is 10.3 Å². The molecule has 2 aliphatic rings. The molecular weight excluding hydrogens is 318 g/mol. The molecule has 4 nitrogen and oxygen atoms in total. The molecule has 0 saturated carbocycles. The number of hydrogen-bond donors (Lipinski definition) is 1. The Morgan fingerprint density at radius 1 is 1.40 bits per heavy atom. The summed E-state index contributed by atoms with van der Waals surface area (Å²) < 4.78 is 6.96. The largest absolute Gasteiger partial charge is 0.371 e. The first-order chi connectivity index (χ1) is 9.61. The molecule has 1 aromatic heterocycles. The van der Waals surface area contributed by atoms with Crippen LogP contribution in [0.1, 0.15) is 32.3 Å². The molecule has 20 heavy (non-hydrogen) atoms. The molecule has 3 rings (SSSR count). The number of nitrogens with zero attached hydrogens (tertiary/aromatic N) is 2. The molecule has 0 spiro atoms. The number of ether oxygens (including phenoxy) is 1. The van der Waals surface area contributed by atoms with Gasteiger partial charge in [-0.25, -0.2) is 4.98 Å². The van der Waals surface area contributed by atoms with Gasteiger partial charge in [-0.2, -0.15) is 0 Å². The SMILES string of the molecule is CC(C)NCc1cc(Br)cnc1N1CC2CCC(C1)O2. The van der Waals surface area contributed by atoms with Gasteiger partial charge in [-0.15, -0.1) is 0 Å². The smallest absolute Gasteiger partial charge is 0.133 e. The maximum Gasteiger partial charge on any atom is 0.133 e. The molecule has 2 unspecified atom stereocenters. The lowest BCUT2D eigenvalue weighted by Crippen LogP contribution is -2.43. The molecule has 5 heteroatoms. The number of nitrogens with one attached hydrogen (secondary N) is 1. The molecule has 2 aliphatic heterocycles. The van der Waals surface area contributed by atoms with Gasteiger partial charge in [0.1, 0.15) is 5.82 Å². The predicted molar refractivity (Wildman–Crippen MR) is 84.0 cm³/mol. The molecule has 0 aromatic carbocycles. The van der Waals surface area contributed by atoms with Crippen LogP contribution in [0.25, 0.3) is 0 Å². The van der Waals surface area contributed by atoms with Gasteiger partial charge in [0.15, 0.2) is 0 Å². The molecule has 2 saturated heterocycles. The van der Waals surface area contributed by atoms with Gasteiger partial charge in [0.2, 0.25) is 0 Å². The summed E-state index contributed by atoms with van der Waals surface area (Å²) in [7, 11) is 0. The molecule has 0 radical (unpaired) electrons. The van der Waals surface area contributed by atoms with E-state index in [1.54, 1.807) is 0 Å². The Morgan fingerprint density at radius 2 is 2.10 bits per heavy atom. The van der Waals surface area contributed by atoms with Crippen molar-refractivity contribution in [1.29, 1.82) is 0 Å². The van der Waals surface area contributed by atoms with Crippen LogP contribution >= 0.6 is 15.9 Å². The normalized spacial score (nSPS) is 25.5. The topological polar surface area (TPSA) is 37.4 Å². The van der Waals surface area contributed by atoms with Crippen LogP contribution in [0.2, 0.25) is 0 Å². The first kappa shape index (κ1) is 14.3. The van der Waals surface area contributed by atoms with Crippen LogP contribution in [0.4, 0.5) is 5.82 Å². The minimum Gasteiger partial charge on any atom is -0.371 e. The molecule has 1 N–H and O–H groups in total. The summed E-state index contributed by atoms with van der Waals surface area (Å²) in [5.41, 5.74) is 1.26. The van der Waals surface area contributed by atoms with Crippen LogP contribution < -0.4 is 10.2 Å². The van der Waals surface area contributed by atoms with E-state index in [-0.39, 0.29) is 0 Å². The Labute approximate surface area is 129 Å². The van der Waals surface area contributed by atoms with Crippen LogP contribution in [0.15, 0.2) is 16.7 Å². The van der Waals surface area contributed by atoms with Gasteiger partial charge in [0.05, 0.1) is 12.2 Å². The Bertz CT molecular complexity index is 468. The van der Waals surface area contributed by atoms with E-state index in [1.807, 2.05) is 6.20 Å². The van der Waals surface area contributed by atoms with Crippen molar-refractivity contribution >= 4 is 21.7 Å². The van der Waals surface area contributed by atoms with Crippen LogP contribution in [-0.2, 0) is 11.3 Å². The average Bonchev–Trinajstić information content (AvgIpc) is 2.75. The quantitative estimate of drug-likeness (QED) is 0.915. The molecule has 0 amide bonds. The zero-order chi connectivity index (χ0) is 14.1. The molecule has 2 fully saturated rings. The summed E-state index contributed by atoms with van der Waals surface area (Å²) in [5, 5.41) is 3.49. The minimum atomic E-state index is 0.394. The third kappa shape index (κ3) is 3.15. The summed E-state index contributed by atoms with van der Waals surface area (Å²) >= 11 is 3.53. The summed E-state index contributed by atoms with van der Waals surface area (Å²) in [6.45, 7) is 7.13. The second-order valence-electron chi connectivity index (χ2n) is 6.03. The molecule has 1 aromatic rings. The van der Waals surface area contributed by atoms with E-state index in [0.29, 0.717) is 18.2 Å². The zero-order valence-electron chi connectivity index (χ0n) is 12.1. The summed E-state index contributed by atoms with van der Waals surface area (Å²) in [6, 6.07) is 2.65. The second-order valence-corrected chi connectivity index (χ2v) is 6.95. The average molecular weight is 340 g/mol. The number of pyridine rings is 1. The highest BCUT2D eigenvalue weighted by Crippen LogP contribution is 2.31. The number of halogens is 1. The van der Waals surface area contributed by atoms with E-state index in [9.17, 15) is 0 Å². The van der Waals surface area contributed by atoms with Gasteiger partial charge < -0.3 is 15.0 Å². The fourth-order valence-corrected chi connectivity index (χ4v) is 3.37. The fraction of sp³-hybridized carbons (Fsp3) is 0.667.